The monoisotopic (exact) mass is 774 g/mol. The van der Waals surface area contributed by atoms with Gasteiger partial charge in [0, 0.05) is 59.3 Å². The lowest BCUT2D eigenvalue weighted by Crippen LogP contribution is -2.16. The maximum atomic E-state index is 5.12. The van der Waals surface area contributed by atoms with E-state index in [1.165, 1.54) is 48.2 Å². The van der Waals surface area contributed by atoms with Crippen molar-refractivity contribution >= 4 is 48.6 Å². The fraction of sp³-hybridized carbons (Fsp3) is 0.0556. The van der Waals surface area contributed by atoms with Crippen molar-refractivity contribution in [1.29, 1.82) is 0 Å². The van der Waals surface area contributed by atoms with Gasteiger partial charge in [-0.2, -0.15) is 0 Å². The Kier molecular flexibility index (Phi) is 8.31. The first-order valence-electron chi connectivity index (χ1n) is 20.0. The summed E-state index contributed by atoms with van der Waals surface area (Å²) in [5, 5.41) is 2.33. The van der Waals surface area contributed by atoms with Crippen LogP contribution in [0, 0.1) is 0 Å². The molecule has 0 atom stereocenters. The molecule has 0 spiro atoms. The van der Waals surface area contributed by atoms with E-state index in [0.717, 1.165) is 39.1 Å². The first kappa shape index (κ1) is 35.0. The average molecular weight is 775 g/mol. The van der Waals surface area contributed by atoms with Crippen LogP contribution in [0.1, 0.15) is 25.0 Å². The largest absolute Gasteiger partial charge is 0.310 e. The summed E-state index contributed by atoms with van der Waals surface area (Å²) >= 11 is 1.81. The third kappa shape index (κ3) is 6.01. The molecule has 0 saturated heterocycles. The van der Waals surface area contributed by atoms with Crippen molar-refractivity contribution in [2.24, 2.45) is 0 Å². The molecule has 0 bridgehead atoms. The molecule has 11 rings (SSSR count). The molecule has 0 N–H and O–H groups in total. The van der Waals surface area contributed by atoms with Crippen LogP contribution in [0.5, 0.6) is 0 Å². The maximum Gasteiger partial charge on any atom is 0.164 e. The number of rotatable bonds is 7. The number of fused-ring (bicyclic) bond motifs is 6. The Morgan fingerprint density at radius 2 is 0.915 bits per heavy atom. The van der Waals surface area contributed by atoms with E-state index in [9.17, 15) is 0 Å². The molecule has 8 aromatic carbocycles. The standard InChI is InChI=1S/C54H38N4S/c1-54(2)46-23-13-12-21-42(46)43-31-29-40(33-47(43)54)58(39-27-25-36(26-28-39)35-15-6-3-7-16-35)41-30-32-44-49(34-41)59-48-24-14-22-45(50(44)48)53-56-51(37-17-8-4-9-18-37)55-52(57-53)38-19-10-5-11-20-38/h3-34H,1-2H3. The summed E-state index contributed by atoms with van der Waals surface area (Å²) in [7, 11) is 0. The van der Waals surface area contributed by atoms with Crippen LogP contribution in [0.25, 0.3) is 76.6 Å². The van der Waals surface area contributed by atoms with E-state index in [4.69, 9.17) is 15.0 Å². The van der Waals surface area contributed by atoms with E-state index in [2.05, 4.69) is 176 Å². The molecule has 0 radical (unpaired) electrons. The van der Waals surface area contributed by atoms with Crippen molar-refractivity contribution < 1.29 is 0 Å². The zero-order valence-corrected chi connectivity index (χ0v) is 33.5. The summed E-state index contributed by atoms with van der Waals surface area (Å²) in [4.78, 5) is 17.6. The molecule has 0 unspecified atom stereocenters. The highest BCUT2D eigenvalue weighted by Crippen LogP contribution is 2.51. The molecule has 280 valence electrons. The second kappa shape index (κ2) is 14.0. The second-order valence-corrected chi connectivity index (χ2v) is 16.7. The molecule has 59 heavy (non-hydrogen) atoms. The molecule has 1 aliphatic carbocycles. The summed E-state index contributed by atoms with van der Waals surface area (Å²) in [6.07, 6.45) is 0. The molecule has 4 nitrogen and oxygen atoms in total. The zero-order chi connectivity index (χ0) is 39.5. The van der Waals surface area contributed by atoms with Crippen LogP contribution < -0.4 is 4.90 Å². The molecule has 2 heterocycles. The van der Waals surface area contributed by atoms with Crippen molar-refractivity contribution in [2.75, 3.05) is 4.90 Å². The maximum absolute atomic E-state index is 5.12. The van der Waals surface area contributed by atoms with Crippen LogP contribution in [-0.2, 0) is 5.41 Å². The highest BCUT2D eigenvalue weighted by atomic mass is 32.1. The normalized spacial score (nSPS) is 12.7. The molecule has 2 aromatic heterocycles. The summed E-state index contributed by atoms with van der Waals surface area (Å²) in [5.74, 6) is 1.97. The van der Waals surface area contributed by atoms with Crippen LogP contribution in [0.15, 0.2) is 194 Å². The minimum absolute atomic E-state index is 0.119. The minimum Gasteiger partial charge on any atom is -0.310 e. The predicted molar refractivity (Wildman–Crippen MR) is 247 cm³/mol. The van der Waals surface area contributed by atoms with Gasteiger partial charge < -0.3 is 4.90 Å². The predicted octanol–water partition coefficient (Wildman–Crippen LogP) is 14.7. The van der Waals surface area contributed by atoms with E-state index < -0.39 is 0 Å². The van der Waals surface area contributed by atoms with Gasteiger partial charge in [0.15, 0.2) is 17.5 Å². The Labute approximate surface area is 347 Å². The van der Waals surface area contributed by atoms with Crippen molar-refractivity contribution in [3.05, 3.63) is 205 Å². The van der Waals surface area contributed by atoms with Gasteiger partial charge in [-0.05, 0) is 75.8 Å². The van der Waals surface area contributed by atoms with Crippen LogP contribution in [-0.4, -0.2) is 15.0 Å². The number of hydrogen-bond acceptors (Lipinski definition) is 5. The Hall–Kier alpha value is -7.21. The lowest BCUT2D eigenvalue weighted by atomic mass is 9.82. The third-order valence-electron chi connectivity index (χ3n) is 11.7. The smallest absolute Gasteiger partial charge is 0.164 e. The Morgan fingerprint density at radius 1 is 0.390 bits per heavy atom. The van der Waals surface area contributed by atoms with Crippen molar-refractivity contribution in [3.63, 3.8) is 0 Å². The van der Waals surface area contributed by atoms with Gasteiger partial charge in [0.05, 0.1) is 0 Å². The van der Waals surface area contributed by atoms with Gasteiger partial charge in [-0.1, -0.05) is 166 Å². The van der Waals surface area contributed by atoms with Gasteiger partial charge in [0.25, 0.3) is 0 Å². The topological polar surface area (TPSA) is 41.9 Å². The first-order valence-corrected chi connectivity index (χ1v) is 20.8. The molecule has 0 amide bonds. The molecular weight excluding hydrogens is 737 g/mol. The molecule has 5 heteroatoms. The van der Waals surface area contributed by atoms with Crippen molar-refractivity contribution in [2.45, 2.75) is 19.3 Å². The Balaban J connectivity index is 1.07. The van der Waals surface area contributed by atoms with Crippen molar-refractivity contribution in [3.8, 4) is 56.4 Å². The molecule has 10 aromatic rings. The Bertz CT molecular complexity index is 3120. The first-order chi connectivity index (χ1) is 29.0. The van der Waals surface area contributed by atoms with Crippen molar-refractivity contribution in [1.82, 2.24) is 15.0 Å². The number of benzene rings is 8. The summed E-state index contributed by atoms with van der Waals surface area (Å²) < 4.78 is 2.39. The van der Waals surface area contributed by atoms with Crippen LogP contribution >= 0.6 is 11.3 Å². The van der Waals surface area contributed by atoms with E-state index >= 15 is 0 Å². The van der Waals surface area contributed by atoms with E-state index in [0.29, 0.717) is 17.5 Å². The lowest BCUT2D eigenvalue weighted by Gasteiger charge is -2.28. The van der Waals surface area contributed by atoms with Gasteiger partial charge in [-0.3, -0.25) is 0 Å². The quantitative estimate of drug-likeness (QED) is 0.162. The number of aromatic nitrogens is 3. The van der Waals surface area contributed by atoms with Gasteiger partial charge >= 0.3 is 0 Å². The number of hydrogen-bond donors (Lipinski definition) is 0. The lowest BCUT2D eigenvalue weighted by molar-refractivity contribution is 0.660. The number of thiophene rings is 1. The van der Waals surface area contributed by atoms with Crippen LogP contribution in [0.2, 0.25) is 0 Å². The van der Waals surface area contributed by atoms with Gasteiger partial charge in [0.2, 0.25) is 0 Å². The van der Waals surface area contributed by atoms with Crippen LogP contribution in [0.4, 0.5) is 17.1 Å². The number of nitrogens with zero attached hydrogens (tertiary/aromatic N) is 4. The van der Waals surface area contributed by atoms with E-state index in [1.807, 2.05) is 36.4 Å². The highest BCUT2D eigenvalue weighted by molar-refractivity contribution is 7.26. The third-order valence-corrected chi connectivity index (χ3v) is 12.9. The summed E-state index contributed by atoms with van der Waals surface area (Å²) in [6, 6.07) is 69.1. The number of anilines is 3. The molecule has 1 aliphatic rings. The van der Waals surface area contributed by atoms with Gasteiger partial charge in [-0.25, -0.2) is 15.0 Å². The fourth-order valence-electron chi connectivity index (χ4n) is 8.78. The highest BCUT2D eigenvalue weighted by Gasteiger charge is 2.35. The summed E-state index contributed by atoms with van der Waals surface area (Å²) in [6.45, 7) is 4.69. The zero-order valence-electron chi connectivity index (χ0n) is 32.7. The second-order valence-electron chi connectivity index (χ2n) is 15.6. The molecule has 0 aliphatic heterocycles. The van der Waals surface area contributed by atoms with Gasteiger partial charge in [0.1, 0.15) is 0 Å². The SMILES string of the molecule is CC1(C)c2ccccc2-c2ccc(N(c3ccc(-c4ccccc4)cc3)c3ccc4c(c3)sc3cccc(-c5nc(-c6ccccc6)nc(-c6ccccc6)n5)c34)cc21. The minimum atomic E-state index is -0.119. The average Bonchev–Trinajstić information content (AvgIpc) is 3.78. The van der Waals surface area contributed by atoms with Crippen LogP contribution in [0.3, 0.4) is 0 Å². The van der Waals surface area contributed by atoms with E-state index in [1.54, 1.807) is 11.3 Å². The molecular formula is C54H38N4S. The molecule has 0 fully saturated rings. The molecule has 0 saturated carbocycles. The Morgan fingerprint density at radius 3 is 1.61 bits per heavy atom. The van der Waals surface area contributed by atoms with Gasteiger partial charge in [-0.15, -0.1) is 11.3 Å². The fourth-order valence-corrected chi connectivity index (χ4v) is 9.95. The van der Waals surface area contributed by atoms with E-state index in [-0.39, 0.29) is 5.41 Å². The summed E-state index contributed by atoms with van der Waals surface area (Å²) in [5.41, 5.74) is 13.9.